The first kappa shape index (κ1) is 13.5. The van der Waals surface area contributed by atoms with Gasteiger partial charge in [0.05, 0.1) is 18.7 Å². The van der Waals surface area contributed by atoms with Crippen LogP contribution in [0.5, 0.6) is 0 Å². The summed E-state index contributed by atoms with van der Waals surface area (Å²) in [4.78, 5) is 25.3. The SMILES string of the molecule is CCOC(=O)C1CCN(C(=O)Cn2ccnn2)CC1. The summed E-state index contributed by atoms with van der Waals surface area (Å²) in [6.45, 7) is 3.59. The molecular formula is C12H18N4O3. The van der Waals surface area contributed by atoms with Crippen LogP contribution in [0.3, 0.4) is 0 Å². The van der Waals surface area contributed by atoms with Gasteiger partial charge in [0.25, 0.3) is 0 Å². The zero-order valence-electron chi connectivity index (χ0n) is 11.0. The van der Waals surface area contributed by atoms with Crippen molar-refractivity contribution in [1.29, 1.82) is 0 Å². The van der Waals surface area contributed by atoms with Gasteiger partial charge in [-0.05, 0) is 19.8 Å². The van der Waals surface area contributed by atoms with E-state index in [1.54, 1.807) is 24.2 Å². The van der Waals surface area contributed by atoms with Crippen molar-refractivity contribution in [3.8, 4) is 0 Å². The molecule has 1 amide bonds. The average molecular weight is 266 g/mol. The Hall–Kier alpha value is -1.92. The Labute approximate surface area is 111 Å². The van der Waals surface area contributed by atoms with E-state index in [2.05, 4.69) is 10.3 Å². The predicted molar refractivity (Wildman–Crippen MR) is 66.0 cm³/mol. The molecule has 7 nitrogen and oxygen atoms in total. The standard InChI is InChI=1S/C12H18N4O3/c1-2-19-12(18)10-3-6-15(7-4-10)11(17)9-16-8-5-13-14-16/h5,8,10H,2-4,6-7,9H2,1H3. The molecule has 2 heterocycles. The number of nitrogens with zero attached hydrogens (tertiary/aromatic N) is 4. The highest BCUT2D eigenvalue weighted by molar-refractivity contribution is 5.77. The zero-order valence-corrected chi connectivity index (χ0v) is 11.0. The van der Waals surface area contributed by atoms with Crippen LogP contribution in [0.1, 0.15) is 19.8 Å². The van der Waals surface area contributed by atoms with Crippen molar-refractivity contribution in [1.82, 2.24) is 19.9 Å². The molecule has 0 radical (unpaired) electrons. The molecule has 1 aliphatic heterocycles. The molecule has 104 valence electrons. The number of rotatable bonds is 4. The number of hydrogen-bond acceptors (Lipinski definition) is 5. The summed E-state index contributed by atoms with van der Waals surface area (Å²) in [5.74, 6) is -0.214. The number of hydrogen-bond donors (Lipinski definition) is 0. The van der Waals surface area contributed by atoms with Gasteiger partial charge in [-0.1, -0.05) is 5.21 Å². The van der Waals surface area contributed by atoms with E-state index in [9.17, 15) is 9.59 Å². The smallest absolute Gasteiger partial charge is 0.309 e. The molecule has 0 aliphatic carbocycles. The number of esters is 1. The molecule has 0 saturated carbocycles. The molecule has 0 bridgehead atoms. The lowest BCUT2D eigenvalue weighted by Crippen LogP contribution is -2.42. The van der Waals surface area contributed by atoms with Crippen molar-refractivity contribution >= 4 is 11.9 Å². The van der Waals surface area contributed by atoms with Gasteiger partial charge in [-0.3, -0.25) is 9.59 Å². The first-order valence-electron chi connectivity index (χ1n) is 6.49. The molecule has 0 N–H and O–H groups in total. The number of amides is 1. The van der Waals surface area contributed by atoms with E-state index in [0.29, 0.717) is 32.5 Å². The first-order chi connectivity index (χ1) is 9.20. The molecule has 0 unspecified atom stereocenters. The quantitative estimate of drug-likeness (QED) is 0.721. The third-order valence-electron chi connectivity index (χ3n) is 3.24. The van der Waals surface area contributed by atoms with Gasteiger partial charge in [-0.2, -0.15) is 0 Å². The average Bonchev–Trinajstić information content (AvgIpc) is 2.92. The summed E-state index contributed by atoms with van der Waals surface area (Å²) in [6.07, 6.45) is 4.54. The Balaban J connectivity index is 1.79. The topological polar surface area (TPSA) is 77.3 Å². The molecule has 0 spiro atoms. The highest BCUT2D eigenvalue weighted by Crippen LogP contribution is 2.18. The fourth-order valence-corrected chi connectivity index (χ4v) is 2.18. The Morgan fingerprint density at radius 1 is 1.37 bits per heavy atom. The van der Waals surface area contributed by atoms with Crippen LogP contribution in [0.2, 0.25) is 0 Å². The zero-order chi connectivity index (χ0) is 13.7. The van der Waals surface area contributed by atoms with Crippen molar-refractivity contribution < 1.29 is 14.3 Å². The number of aromatic nitrogens is 3. The van der Waals surface area contributed by atoms with Crippen molar-refractivity contribution in [2.75, 3.05) is 19.7 Å². The summed E-state index contributed by atoms with van der Waals surface area (Å²) in [5.41, 5.74) is 0. The second kappa shape index (κ2) is 6.31. The van der Waals surface area contributed by atoms with Crippen molar-refractivity contribution in [2.24, 2.45) is 5.92 Å². The Kier molecular flexibility index (Phi) is 4.48. The molecule has 1 aromatic rings. The molecular weight excluding hydrogens is 248 g/mol. The van der Waals surface area contributed by atoms with Crippen LogP contribution in [0.15, 0.2) is 12.4 Å². The Morgan fingerprint density at radius 2 is 2.11 bits per heavy atom. The van der Waals surface area contributed by atoms with Crippen LogP contribution < -0.4 is 0 Å². The Morgan fingerprint density at radius 3 is 2.68 bits per heavy atom. The molecule has 0 aromatic carbocycles. The maximum atomic E-state index is 12.0. The maximum Gasteiger partial charge on any atom is 0.309 e. The molecule has 1 saturated heterocycles. The number of likely N-dealkylation sites (tertiary alicyclic amines) is 1. The summed E-state index contributed by atoms with van der Waals surface area (Å²) in [6, 6.07) is 0. The van der Waals surface area contributed by atoms with Crippen LogP contribution >= 0.6 is 0 Å². The lowest BCUT2D eigenvalue weighted by Gasteiger charge is -2.30. The summed E-state index contributed by atoms with van der Waals surface area (Å²) in [7, 11) is 0. The minimum absolute atomic E-state index is 0.00723. The third kappa shape index (κ3) is 3.52. The number of ether oxygens (including phenoxy) is 1. The van der Waals surface area contributed by atoms with Gasteiger partial charge in [0, 0.05) is 19.3 Å². The van der Waals surface area contributed by atoms with Gasteiger partial charge in [-0.25, -0.2) is 4.68 Å². The molecule has 7 heteroatoms. The lowest BCUT2D eigenvalue weighted by atomic mass is 9.97. The highest BCUT2D eigenvalue weighted by atomic mass is 16.5. The number of carbonyl (C=O) groups is 2. The van der Waals surface area contributed by atoms with E-state index in [0.717, 1.165) is 0 Å². The molecule has 1 aromatic heterocycles. The predicted octanol–water partition coefficient (Wildman–Crippen LogP) is 0.0798. The number of piperidine rings is 1. The monoisotopic (exact) mass is 266 g/mol. The minimum Gasteiger partial charge on any atom is -0.466 e. The summed E-state index contributed by atoms with van der Waals surface area (Å²) >= 11 is 0. The third-order valence-corrected chi connectivity index (χ3v) is 3.24. The van der Waals surface area contributed by atoms with E-state index in [1.807, 2.05) is 0 Å². The van der Waals surface area contributed by atoms with Gasteiger partial charge in [0.1, 0.15) is 6.54 Å². The van der Waals surface area contributed by atoms with Crippen LogP contribution in [0.25, 0.3) is 0 Å². The second-order valence-corrected chi connectivity index (χ2v) is 4.51. The highest BCUT2D eigenvalue weighted by Gasteiger charge is 2.28. The van der Waals surface area contributed by atoms with E-state index in [-0.39, 0.29) is 24.3 Å². The normalized spacial score (nSPS) is 16.4. The van der Waals surface area contributed by atoms with Crippen LogP contribution in [-0.2, 0) is 20.9 Å². The van der Waals surface area contributed by atoms with Gasteiger partial charge in [0.2, 0.25) is 5.91 Å². The summed E-state index contributed by atoms with van der Waals surface area (Å²) in [5, 5.41) is 7.42. The summed E-state index contributed by atoms with van der Waals surface area (Å²) < 4.78 is 6.50. The van der Waals surface area contributed by atoms with E-state index >= 15 is 0 Å². The van der Waals surface area contributed by atoms with E-state index in [4.69, 9.17) is 4.74 Å². The van der Waals surface area contributed by atoms with Crippen LogP contribution in [0, 0.1) is 5.92 Å². The Bertz CT molecular complexity index is 424. The molecule has 1 fully saturated rings. The van der Waals surface area contributed by atoms with Crippen LogP contribution in [-0.4, -0.2) is 51.5 Å². The molecule has 1 aliphatic rings. The molecule has 2 rings (SSSR count). The van der Waals surface area contributed by atoms with Gasteiger partial charge < -0.3 is 9.64 Å². The second-order valence-electron chi connectivity index (χ2n) is 4.51. The van der Waals surface area contributed by atoms with Crippen LogP contribution in [0.4, 0.5) is 0 Å². The van der Waals surface area contributed by atoms with Gasteiger partial charge in [-0.15, -0.1) is 5.10 Å². The minimum atomic E-state index is -0.147. The maximum absolute atomic E-state index is 12.0. The lowest BCUT2D eigenvalue weighted by molar-refractivity contribution is -0.151. The first-order valence-corrected chi connectivity index (χ1v) is 6.49. The van der Waals surface area contributed by atoms with E-state index < -0.39 is 0 Å². The van der Waals surface area contributed by atoms with Crippen molar-refractivity contribution in [2.45, 2.75) is 26.3 Å². The largest absolute Gasteiger partial charge is 0.466 e. The molecule has 0 atom stereocenters. The van der Waals surface area contributed by atoms with Crippen molar-refractivity contribution in [3.63, 3.8) is 0 Å². The van der Waals surface area contributed by atoms with Gasteiger partial charge in [0.15, 0.2) is 0 Å². The van der Waals surface area contributed by atoms with Gasteiger partial charge >= 0.3 is 5.97 Å². The number of carbonyl (C=O) groups excluding carboxylic acids is 2. The van der Waals surface area contributed by atoms with E-state index in [1.165, 1.54) is 4.68 Å². The fraction of sp³-hybridized carbons (Fsp3) is 0.667. The van der Waals surface area contributed by atoms with Crippen molar-refractivity contribution in [3.05, 3.63) is 12.4 Å². The fourth-order valence-electron chi connectivity index (χ4n) is 2.18. The molecule has 19 heavy (non-hydrogen) atoms.